The zero-order chi connectivity index (χ0) is 12.3. The molecular weight excluding hydrogens is 214 g/mol. The van der Waals surface area contributed by atoms with Crippen LogP contribution in [0.25, 0.3) is 0 Å². The molecule has 0 heterocycles. The van der Waals surface area contributed by atoms with Gasteiger partial charge in [-0.05, 0) is 43.2 Å². The lowest BCUT2D eigenvalue weighted by molar-refractivity contribution is 0.0599. The zero-order valence-electron chi connectivity index (χ0n) is 10.2. The number of benzene rings is 1. The lowest BCUT2D eigenvalue weighted by atomic mass is 9.99. The molecule has 2 N–H and O–H groups in total. The lowest BCUT2D eigenvalue weighted by Crippen LogP contribution is -2.23. The Bertz CT molecular complexity index is 399. The van der Waals surface area contributed by atoms with Crippen LogP contribution in [0.4, 0.5) is 0 Å². The minimum absolute atomic E-state index is 0.263. The Labute approximate surface area is 102 Å². The molecule has 0 spiro atoms. The highest BCUT2D eigenvalue weighted by atomic mass is 16.5. The molecule has 0 saturated heterocycles. The fraction of sp³-hybridized carbons (Fsp3) is 0.500. The molecule has 92 valence electrons. The van der Waals surface area contributed by atoms with E-state index in [1.165, 1.54) is 20.0 Å². The van der Waals surface area contributed by atoms with Crippen LogP contribution in [-0.4, -0.2) is 19.1 Å². The summed E-state index contributed by atoms with van der Waals surface area (Å²) >= 11 is 0. The number of carbonyl (C=O) groups excluding carboxylic acids is 1. The second-order valence-corrected chi connectivity index (χ2v) is 4.69. The van der Waals surface area contributed by atoms with Gasteiger partial charge in [0.2, 0.25) is 0 Å². The van der Waals surface area contributed by atoms with Crippen molar-refractivity contribution in [3.63, 3.8) is 0 Å². The molecule has 1 saturated carbocycles. The second kappa shape index (κ2) is 5.32. The van der Waals surface area contributed by atoms with Gasteiger partial charge in [-0.2, -0.15) is 0 Å². The van der Waals surface area contributed by atoms with Crippen molar-refractivity contribution in [1.29, 1.82) is 0 Å². The third kappa shape index (κ3) is 3.07. The van der Waals surface area contributed by atoms with Crippen molar-refractivity contribution in [3.05, 3.63) is 35.4 Å². The number of hydrogen-bond acceptors (Lipinski definition) is 3. The van der Waals surface area contributed by atoms with Crippen LogP contribution in [-0.2, 0) is 11.2 Å². The van der Waals surface area contributed by atoms with Gasteiger partial charge >= 0.3 is 5.97 Å². The summed E-state index contributed by atoms with van der Waals surface area (Å²) < 4.78 is 4.77. The summed E-state index contributed by atoms with van der Waals surface area (Å²) in [6.07, 6.45) is 4.32. The molecule has 1 aromatic carbocycles. The molecule has 1 aliphatic carbocycles. The normalized spacial score (nSPS) is 16.6. The molecule has 2 rings (SSSR count). The predicted molar refractivity (Wildman–Crippen MR) is 66.8 cm³/mol. The number of nitrogens with two attached hydrogens (primary N) is 1. The maximum Gasteiger partial charge on any atom is 0.338 e. The molecular formula is C14H19NO2. The molecule has 0 aliphatic heterocycles. The predicted octanol–water partition coefficient (Wildman–Crippen LogP) is 2.14. The van der Waals surface area contributed by atoms with E-state index in [1.54, 1.807) is 0 Å². The van der Waals surface area contributed by atoms with Crippen LogP contribution in [0.3, 0.4) is 0 Å². The van der Waals surface area contributed by atoms with E-state index in [9.17, 15) is 4.79 Å². The summed E-state index contributed by atoms with van der Waals surface area (Å²) in [5.41, 5.74) is 7.77. The van der Waals surface area contributed by atoms with E-state index in [2.05, 4.69) is 0 Å². The van der Waals surface area contributed by atoms with Crippen molar-refractivity contribution in [1.82, 2.24) is 0 Å². The molecule has 0 aromatic heterocycles. The average Bonchev–Trinajstić information content (AvgIpc) is 3.19. The molecule has 1 fully saturated rings. The molecule has 1 unspecified atom stereocenters. The summed E-state index contributed by atoms with van der Waals surface area (Å²) in [6.45, 7) is 0. The van der Waals surface area contributed by atoms with Gasteiger partial charge in [0.25, 0.3) is 0 Å². The van der Waals surface area contributed by atoms with Gasteiger partial charge in [0, 0.05) is 6.04 Å². The number of esters is 1. The molecule has 1 atom stereocenters. The Morgan fingerprint density at radius 2 is 2.18 bits per heavy atom. The van der Waals surface area contributed by atoms with Crippen LogP contribution in [0.15, 0.2) is 24.3 Å². The van der Waals surface area contributed by atoms with Gasteiger partial charge in [-0.1, -0.05) is 18.2 Å². The van der Waals surface area contributed by atoms with Gasteiger partial charge in [0.15, 0.2) is 0 Å². The molecule has 3 nitrogen and oxygen atoms in total. The van der Waals surface area contributed by atoms with Crippen molar-refractivity contribution >= 4 is 5.97 Å². The summed E-state index contributed by atoms with van der Waals surface area (Å²) in [7, 11) is 1.41. The average molecular weight is 233 g/mol. The van der Waals surface area contributed by atoms with Crippen molar-refractivity contribution in [2.75, 3.05) is 7.11 Å². The largest absolute Gasteiger partial charge is 0.465 e. The first-order chi connectivity index (χ1) is 8.22. The highest BCUT2D eigenvalue weighted by molar-refractivity contribution is 5.90. The van der Waals surface area contributed by atoms with Crippen LogP contribution in [0.1, 0.15) is 35.2 Å². The van der Waals surface area contributed by atoms with Crippen molar-refractivity contribution < 1.29 is 9.53 Å². The number of ether oxygens (including phenoxy) is 1. The van der Waals surface area contributed by atoms with Gasteiger partial charge in [0.1, 0.15) is 0 Å². The van der Waals surface area contributed by atoms with Crippen LogP contribution in [0.2, 0.25) is 0 Å². The van der Waals surface area contributed by atoms with Crippen LogP contribution in [0, 0.1) is 5.92 Å². The van der Waals surface area contributed by atoms with Gasteiger partial charge < -0.3 is 10.5 Å². The monoisotopic (exact) mass is 233 g/mol. The third-order valence-electron chi connectivity index (χ3n) is 3.40. The van der Waals surface area contributed by atoms with E-state index in [0.29, 0.717) is 11.5 Å². The topological polar surface area (TPSA) is 52.3 Å². The minimum Gasteiger partial charge on any atom is -0.465 e. The smallest absolute Gasteiger partial charge is 0.338 e. The Morgan fingerprint density at radius 3 is 2.82 bits per heavy atom. The van der Waals surface area contributed by atoms with Gasteiger partial charge in [-0.3, -0.25) is 0 Å². The fourth-order valence-corrected chi connectivity index (χ4v) is 2.13. The van der Waals surface area contributed by atoms with E-state index in [1.807, 2.05) is 24.3 Å². The number of methoxy groups -OCH3 is 1. The first-order valence-corrected chi connectivity index (χ1v) is 6.14. The summed E-state index contributed by atoms with van der Waals surface area (Å²) in [5.74, 6) is 0.445. The van der Waals surface area contributed by atoms with E-state index in [0.717, 1.165) is 18.4 Å². The summed E-state index contributed by atoms with van der Waals surface area (Å²) in [5, 5.41) is 0. The Hall–Kier alpha value is -1.35. The maximum atomic E-state index is 11.6. The van der Waals surface area contributed by atoms with E-state index in [4.69, 9.17) is 10.5 Å². The highest BCUT2D eigenvalue weighted by Gasteiger charge is 2.28. The van der Waals surface area contributed by atoms with E-state index >= 15 is 0 Å². The van der Waals surface area contributed by atoms with Gasteiger partial charge in [-0.25, -0.2) is 4.79 Å². The molecule has 1 aromatic rings. The van der Waals surface area contributed by atoms with Crippen molar-refractivity contribution in [2.45, 2.75) is 31.7 Å². The van der Waals surface area contributed by atoms with Crippen molar-refractivity contribution in [2.24, 2.45) is 11.7 Å². The molecule has 0 radical (unpaired) electrons. The lowest BCUT2D eigenvalue weighted by Gasteiger charge is -2.12. The van der Waals surface area contributed by atoms with Gasteiger partial charge in [0.05, 0.1) is 12.7 Å². The quantitative estimate of drug-likeness (QED) is 0.793. The van der Waals surface area contributed by atoms with Crippen LogP contribution in [0.5, 0.6) is 0 Å². The van der Waals surface area contributed by atoms with Gasteiger partial charge in [-0.15, -0.1) is 0 Å². The molecule has 17 heavy (non-hydrogen) atoms. The van der Waals surface area contributed by atoms with E-state index in [-0.39, 0.29) is 12.0 Å². The maximum absolute atomic E-state index is 11.6. The summed E-state index contributed by atoms with van der Waals surface area (Å²) in [4.78, 5) is 11.6. The Kier molecular flexibility index (Phi) is 3.79. The first-order valence-electron chi connectivity index (χ1n) is 6.14. The first kappa shape index (κ1) is 12.1. The molecule has 3 heteroatoms. The SMILES string of the molecule is COC(=O)c1ccccc1CCC(N)C1CC1. The van der Waals surface area contributed by atoms with Crippen molar-refractivity contribution in [3.8, 4) is 0 Å². The fourth-order valence-electron chi connectivity index (χ4n) is 2.13. The molecule has 0 bridgehead atoms. The number of hydrogen-bond donors (Lipinski definition) is 1. The number of carbonyl (C=O) groups is 1. The second-order valence-electron chi connectivity index (χ2n) is 4.69. The van der Waals surface area contributed by atoms with Crippen LogP contribution >= 0.6 is 0 Å². The number of rotatable bonds is 5. The zero-order valence-corrected chi connectivity index (χ0v) is 10.2. The van der Waals surface area contributed by atoms with Crippen LogP contribution < -0.4 is 5.73 Å². The standard InChI is InChI=1S/C14H19NO2/c1-17-14(16)12-5-3-2-4-10(12)8-9-13(15)11-6-7-11/h2-5,11,13H,6-9,15H2,1H3. The van der Waals surface area contributed by atoms with E-state index < -0.39 is 0 Å². The number of aryl methyl sites for hydroxylation is 1. The Balaban J connectivity index is 2.01. The molecule has 0 amide bonds. The minimum atomic E-state index is -0.263. The molecule has 1 aliphatic rings. The highest BCUT2D eigenvalue weighted by Crippen LogP contribution is 2.33. The summed E-state index contributed by atoms with van der Waals surface area (Å²) in [6, 6.07) is 7.87. The third-order valence-corrected chi connectivity index (χ3v) is 3.40. The Morgan fingerprint density at radius 1 is 1.47 bits per heavy atom.